The standard InChI is InChI=1S/C14H9N5O8/c1-6-11-7(2)15-16(13(11)27-14(20)12(6)19(25)26)8-3-4-9(17(21)22)10(5-8)18(23)24/h3-5H,1-2H3. The molecule has 0 aliphatic carbocycles. The summed E-state index contributed by atoms with van der Waals surface area (Å²) in [6.07, 6.45) is 0. The Morgan fingerprint density at radius 2 is 1.63 bits per heavy atom. The molecule has 0 aliphatic rings. The van der Waals surface area contributed by atoms with E-state index in [1.165, 1.54) is 19.9 Å². The summed E-state index contributed by atoms with van der Waals surface area (Å²) < 4.78 is 6.05. The lowest BCUT2D eigenvalue weighted by Gasteiger charge is -2.03. The van der Waals surface area contributed by atoms with E-state index < -0.39 is 37.5 Å². The maximum Gasteiger partial charge on any atom is 0.416 e. The second-order valence-electron chi connectivity index (χ2n) is 5.48. The summed E-state index contributed by atoms with van der Waals surface area (Å²) in [4.78, 5) is 42.4. The van der Waals surface area contributed by atoms with Crippen molar-refractivity contribution in [2.45, 2.75) is 13.8 Å². The van der Waals surface area contributed by atoms with Crippen LogP contribution in [0.15, 0.2) is 27.4 Å². The van der Waals surface area contributed by atoms with Crippen LogP contribution in [0, 0.1) is 44.2 Å². The van der Waals surface area contributed by atoms with E-state index in [1.807, 2.05) is 0 Å². The van der Waals surface area contributed by atoms with Gasteiger partial charge >= 0.3 is 22.7 Å². The smallest absolute Gasteiger partial charge is 0.398 e. The van der Waals surface area contributed by atoms with Crippen LogP contribution in [0.5, 0.6) is 0 Å². The number of nitrogens with zero attached hydrogens (tertiary/aromatic N) is 5. The average molecular weight is 375 g/mol. The van der Waals surface area contributed by atoms with Crippen molar-refractivity contribution in [3.63, 3.8) is 0 Å². The molecule has 3 aromatic rings. The predicted molar refractivity (Wildman–Crippen MR) is 89.0 cm³/mol. The van der Waals surface area contributed by atoms with Crippen LogP contribution in [0.2, 0.25) is 0 Å². The first kappa shape index (κ1) is 17.7. The monoisotopic (exact) mass is 375 g/mol. The molecule has 1 aromatic carbocycles. The second kappa shape index (κ2) is 5.98. The molecule has 0 fully saturated rings. The largest absolute Gasteiger partial charge is 0.416 e. The van der Waals surface area contributed by atoms with E-state index in [4.69, 9.17) is 4.42 Å². The van der Waals surface area contributed by atoms with Gasteiger partial charge in [0.25, 0.3) is 0 Å². The molecule has 0 amide bonds. The van der Waals surface area contributed by atoms with E-state index in [1.54, 1.807) is 0 Å². The maximum absolute atomic E-state index is 12.0. The van der Waals surface area contributed by atoms with Crippen molar-refractivity contribution in [2.75, 3.05) is 0 Å². The molecule has 0 saturated carbocycles. The minimum Gasteiger partial charge on any atom is -0.398 e. The number of nitro groups is 3. The van der Waals surface area contributed by atoms with E-state index in [-0.39, 0.29) is 28.0 Å². The van der Waals surface area contributed by atoms with Crippen molar-refractivity contribution in [1.29, 1.82) is 0 Å². The van der Waals surface area contributed by atoms with Gasteiger partial charge < -0.3 is 4.42 Å². The lowest BCUT2D eigenvalue weighted by Crippen LogP contribution is -2.10. The molecule has 0 spiro atoms. The molecule has 0 saturated heterocycles. The fourth-order valence-corrected chi connectivity index (χ4v) is 2.77. The van der Waals surface area contributed by atoms with Crippen LogP contribution in [0.25, 0.3) is 16.8 Å². The van der Waals surface area contributed by atoms with Gasteiger partial charge in [-0.15, -0.1) is 0 Å². The zero-order chi connectivity index (χ0) is 20.0. The summed E-state index contributed by atoms with van der Waals surface area (Å²) in [5.41, 5.74) is -3.28. The van der Waals surface area contributed by atoms with Gasteiger partial charge in [0.1, 0.15) is 0 Å². The number of nitro benzene ring substituents is 2. The molecule has 27 heavy (non-hydrogen) atoms. The second-order valence-corrected chi connectivity index (χ2v) is 5.48. The number of aromatic nitrogens is 2. The van der Waals surface area contributed by atoms with E-state index in [0.29, 0.717) is 0 Å². The number of hydrogen-bond acceptors (Lipinski definition) is 9. The minimum absolute atomic E-state index is 0.0156. The summed E-state index contributed by atoms with van der Waals surface area (Å²) >= 11 is 0. The number of aryl methyl sites for hydroxylation is 2. The van der Waals surface area contributed by atoms with Crippen molar-refractivity contribution in [2.24, 2.45) is 0 Å². The third-order valence-electron chi connectivity index (χ3n) is 3.91. The summed E-state index contributed by atoms with van der Waals surface area (Å²) in [5, 5.41) is 37.4. The topological polar surface area (TPSA) is 177 Å². The van der Waals surface area contributed by atoms with Gasteiger partial charge in [0.2, 0.25) is 5.71 Å². The van der Waals surface area contributed by atoms with E-state index >= 15 is 0 Å². The van der Waals surface area contributed by atoms with Gasteiger partial charge in [0.05, 0.1) is 31.5 Å². The van der Waals surface area contributed by atoms with Crippen molar-refractivity contribution < 1.29 is 19.2 Å². The van der Waals surface area contributed by atoms with Gasteiger partial charge in [0, 0.05) is 17.7 Å². The van der Waals surface area contributed by atoms with Crippen LogP contribution in [0.1, 0.15) is 11.3 Å². The van der Waals surface area contributed by atoms with Crippen LogP contribution in [-0.4, -0.2) is 24.6 Å². The highest BCUT2D eigenvalue weighted by molar-refractivity contribution is 5.84. The lowest BCUT2D eigenvalue weighted by atomic mass is 10.1. The first-order valence-electron chi connectivity index (χ1n) is 7.24. The molecule has 2 heterocycles. The first-order valence-corrected chi connectivity index (χ1v) is 7.24. The molecule has 0 unspecified atom stereocenters. The van der Waals surface area contributed by atoms with Crippen LogP contribution >= 0.6 is 0 Å². The van der Waals surface area contributed by atoms with Gasteiger partial charge in [-0.05, 0) is 19.9 Å². The first-order chi connectivity index (χ1) is 12.6. The Morgan fingerprint density at radius 3 is 2.19 bits per heavy atom. The molecule has 13 nitrogen and oxygen atoms in total. The van der Waals surface area contributed by atoms with E-state index in [0.717, 1.165) is 16.8 Å². The van der Waals surface area contributed by atoms with Crippen molar-refractivity contribution in [3.8, 4) is 5.69 Å². The SMILES string of the molecule is Cc1nn(-c2ccc([N+](=O)[O-])c([N+](=O)[O-])c2)c2oc(=O)c([N+](=O)[O-])c(C)c12. The number of benzene rings is 1. The normalized spacial score (nSPS) is 10.9. The molecule has 3 rings (SSSR count). The van der Waals surface area contributed by atoms with Crippen LogP contribution in [0.4, 0.5) is 17.1 Å². The van der Waals surface area contributed by atoms with Crippen LogP contribution < -0.4 is 5.63 Å². The van der Waals surface area contributed by atoms with Gasteiger partial charge in [-0.3, -0.25) is 30.3 Å². The molecule has 138 valence electrons. The predicted octanol–water partition coefficient (Wildman–Crippen LogP) is 2.32. The number of rotatable bonds is 4. The highest BCUT2D eigenvalue weighted by Crippen LogP contribution is 2.32. The van der Waals surface area contributed by atoms with Crippen molar-refractivity contribution in [1.82, 2.24) is 9.78 Å². The lowest BCUT2D eigenvalue weighted by molar-refractivity contribution is -0.422. The highest BCUT2D eigenvalue weighted by Gasteiger charge is 2.28. The third kappa shape index (κ3) is 2.66. The van der Waals surface area contributed by atoms with Crippen LogP contribution in [0.3, 0.4) is 0 Å². The maximum atomic E-state index is 12.0. The average Bonchev–Trinajstić information content (AvgIpc) is 2.90. The molecule has 2 aromatic heterocycles. The Balaban J connectivity index is 2.35. The zero-order valence-corrected chi connectivity index (χ0v) is 13.7. The minimum atomic E-state index is -1.21. The molecule has 0 bridgehead atoms. The summed E-state index contributed by atoms with van der Waals surface area (Å²) in [7, 11) is 0. The third-order valence-corrected chi connectivity index (χ3v) is 3.91. The molecule has 0 aliphatic heterocycles. The molecule has 0 atom stereocenters. The summed E-state index contributed by atoms with van der Waals surface area (Å²) in [6.45, 7) is 2.87. The van der Waals surface area contributed by atoms with Gasteiger partial charge in [0.15, 0.2) is 0 Å². The summed E-state index contributed by atoms with van der Waals surface area (Å²) in [6, 6.07) is 3.02. The Labute approximate surface area is 147 Å². The molecule has 0 N–H and O–H groups in total. The summed E-state index contributed by atoms with van der Waals surface area (Å²) in [5.74, 6) is 0. The van der Waals surface area contributed by atoms with Gasteiger partial charge in [-0.25, -0.2) is 4.79 Å². The Kier molecular flexibility index (Phi) is 3.91. The number of hydrogen-bond donors (Lipinski definition) is 0. The van der Waals surface area contributed by atoms with E-state index in [9.17, 15) is 35.1 Å². The quantitative estimate of drug-likeness (QED) is 0.488. The molecular weight excluding hydrogens is 366 g/mol. The van der Waals surface area contributed by atoms with Gasteiger partial charge in [-0.2, -0.15) is 9.78 Å². The Hall–Kier alpha value is -4.16. The fourth-order valence-electron chi connectivity index (χ4n) is 2.77. The van der Waals surface area contributed by atoms with Crippen molar-refractivity contribution >= 4 is 28.2 Å². The molecular formula is C14H9N5O8. The van der Waals surface area contributed by atoms with Crippen molar-refractivity contribution in [3.05, 3.63) is 70.2 Å². The highest BCUT2D eigenvalue weighted by atomic mass is 16.6. The zero-order valence-electron chi connectivity index (χ0n) is 13.7. The van der Waals surface area contributed by atoms with E-state index in [2.05, 4.69) is 5.10 Å². The number of fused-ring (bicyclic) bond motifs is 1. The molecule has 0 radical (unpaired) electrons. The fraction of sp³-hybridized carbons (Fsp3) is 0.143. The molecule has 13 heteroatoms. The van der Waals surface area contributed by atoms with Crippen LogP contribution in [-0.2, 0) is 0 Å². The van der Waals surface area contributed by atoms with Gasteiger partial charge in [-0.1, -0.05) is 0 Å². The Bertz CT molecular complexity index is 1210. The Morgan fingerprint density at radius 1 is 1.00 bits per heavy atom.